The Balaban J connectivity index is 3.71. The Kier molecular flexibility index (Phi) is 4.55. The number of alkyl halides is 9. The fourth-order valence-electron chi connectivity index (χ4n) is 1.59. The number of benzene rings is 1. The van der Waals surface area contributed by atoms with E-state index in [0.717, 1.165) is 6.92 Å². The van der Waals surface area contributed by atoms with Gasteiger partial charge in [-0.05, 0) is 47.2 Å². The van der Waals surface area contributed by atoms with Gasteiger partial charge in [0.2, 0.25) is 0 Å². The first-order valence-corrected chi connectivity index (χ1v) is 6.12. The number of hydrogen-bond donors (Lipinski definition) is 0. The Morgan fingerprint density at radius 1 is 0.857 bits per heavy atom. The molecule has 0 aliphatic rings. The zero-order valence-corrected chi connectivity index (χ0v) is 12.1. The molecule has 119 valence electrons. The first kappa shape index (κ1) is 18.4. The van der Waals surface area contributed by atoms with Crippen molar-refractivity contribution in [3.05, 3.63) is 32.9 Å². The highest BCUT2D eigenvalue weighted by atomic mass is 127. The Bertz CT molecular complexity index is 511. The van der Waals surface area contributed by atoms with Gasteiger partial charge >= 0.3 is 23.9 Å². The molecule has 0 aliphatic heterocycles. The van der Waals surface area contributed by atoms with Gasteiger partial charge in [0.05, 0.1) is 0 Å². The molecule has 0 fully saturated rings. The average Bonchev–Trinajstić information content (AvgIpc) is 2.22. The third-order valence-corrected chi connectivity index (χ3v) is 3.13. The molecule has 0 spiro atoms. The van der Waals surface area contributed by atoms with Crippen LogP contribution in [0, 0.1) is 16.6 Å². The van der Waals surface area contributed by atoms with Crippen molar-refractivity contribution in [1.29, 1.82) is 0 Å². The summed E-state index contributed by atoms with van der Waals surface area (Å²) in [5.74, 6) is -6.64. The lowest BCUT2D eigenvalue weighted by Gasteiger charge is -2.36. The lowest BCUT2D eigenvalue weighted by Crippen LogP contribution is -2.59. The van der Waals surface area contributed by atoms with Gasteiger partial charge in [-0.3, -0.25) is 0 Å². The lowest BCUT2D eigenvalue weighted by molar-refractivity contribution is -0.389. The Hall–Kier alpha value is -0.680. The summed E-state index contributed by atoms with van der Waals surface area (Å²) in [5.41, 5.74) is -7.92. The van der Waals surface area contributed by atoms with Gasteiger partial charge in [-0.2, -0.15) is 35.1 Å². The van der Waals surface area contributed by atoms with Crippen molar-refractivity contribution < 1.29 is 39.5 Å². The predicted molar refractivity (Wildman–Crippen MR) is 62.6 cm³/mol. The van der Waals surface area contributed by atoms with Gasteiger partial charge in [0.1, 0.15) is 0 Å². The van der Waals surface area contributed by atoms with Crippen molar-refractivity contribution >= 4 is 22.6 Å². The van der Waals surface area contributed by atoms with Crippen LogP contribution in [0.3, 0.4) is 0 Å². The van der Waals surface area contributed by atoms with Crippen LogP contribution < -0.4 is 0 Å². The second-order valence-corrected chi connectivity index (χ2v) is 5.29. The van der Waals surface area contributed by atoms with E-state index in [1.807, 2.05) is 0 Å². The summed E-state index contributed by atoms with van der Waals surface area (Å²) in [4.78, 5) is 0. The number of aryl methyl sites for hydroxylation is 1. The maximum absolute atomic E-state index is 14.1. The largest absolute Gasteiger partial charge is 0.457 e. The maximum atomic E-state index is 14.1. The Labute approximate surface area is 126 Å². The van der Waals surface area contributed by atoms with Crippen molar-refractivity contribution in [2.24, 2.45) is 0 Å². The molecule has 1 aromatic carbocycles. The first-order valence-electron chi connectivity index (χ1n) is 5.04. The smallest absolute Gasteiger partial charge is 0.221 e. The summed E-state index contributed by atoms with van der Waals surface area (Å²) in [6.45, 7) is 1.09. The van der Waals surface area contributed by atoms with E-state index in [1.54, 1.807) is 0 Å². The zero-order valence-electron chi connectivity index (χ0n) is 9.93. The van der Waals surface area contributed by atoms with E-state index < -0.39 is 29.5 Å². The molecule has 0 saturated carbocycles. The first-order chi connectivity index (χ1) is 9.14. The van der Waals surface area contributed by atoms with Crippen LogP contribution in [0.1, 0.15) is 11.1 Å². The molecule has 0 bridgehead atoms. The monoisotopic (exact) mass is 435 g/mol. The zero-order chi connectivity index (χ0) is 16.9. The van der Waals surface area contributed by atoms with Crippen LogP contribution in [-0.2, 0) is 5.67 Å². The van der Waals surface area contributed by atoms with Crippen molar-refractivity contribution in [2.75, 3.05) is 0 Å². The van der Waals surface area contributed by atoms with E-state index in [4.69, 9.17) is 0 Å². The van der Waals surface area contributed by atoms with Crippen LogP contribution in [0.15, 0.2) is 12.1 Å². The third-order valence-electron chi connectivity index (χ3n) is 2.55. The van der Waals surface area contributed by atoms with Gasteiger partial charge in [-0.25, -0.2) is 4.39 Å². The molecular weight excluding hydrogens is 430 g/mol. The molecule has 1 atom stereocenters. The highest BCUT2D eigenvalue weighted by Crippen LogP contribution is 2.58. The minimum Gasteiger partial charge on any atom is -0.221 e. The predicted octanol–water partition coefficient (Wildman–Crippen LogP) is 5.32. The van der Waals surface area contributed by atoms with Gasteiger partial charge in [-0.1, -0.05) is 6.07 Å². The van der Waals surface area contributed by atoms with E-state index in [2.05, 4.69) is 6.07 Å². The molecular formula is C11H5F9I. The summed E-state index contributed by atoms with van der Waals surface area (Å²) in [7, 11) is 0. The topological polar surface area (TPSA) is 0 Å². The fraction of sp³-hybridized carbons (Fsp3) is 0.455. The van der Waals surface area contributed by atoms with E-state index in [9.17, 15) is 39.5 Å². The highest BCUT2D eigenvalue weighted by molar-refractivity contribution is 14.1. The quantitative estimate of drug-likeness (QED) is 0.436. The summed E-state index contributed by atoms with van der Waals surface area (Å²) in [6.07, 6.45) is -13.2. The van der Waals surface area contributed by atoms with Crippen LogP contribution in [-0.4, -0.2) is 18.3 Å². The highest BCUT2D eigenvalue weighted by Gasteiger charge is 2.81. The summed E-state index contributed by atoms with van der Waals surface area (Å²) in [6, 6.07) is 2.86. The summed E-state index contributed by atoms with van der Waals surface area (Å²) in [5, 5.41) is 0. The van der Waals surface area contributed by atoms with Crippen LogP contribution >= 0.6 is 22.6 Å². The van der Waals surface area contributed by atoms with Crippen LogP contribution in [0.2, 0.25) is 0 Å². The van der Waals surface area contributed by atoms with E-state index in [1.165, 1.54) is 22.6 Å². The molecule has 1 unspecified atom stereocenters. The summed E-state index contributed by atoms with van der Waals surface area (Å²) >= 11 is 1.33. The molecule has 0 saturated heterocycles. The standard InChI is InChI=1S/C11H5F9I/c1-5-2-6(4-7(21)3-5)8(12,10(15,16)17)9(13,14)11(18,19)20/h2,4H,1H3. The van der Waals surface area contributed by atoms with Gasteiger partial charge in [-0.15, -0.1) is 0 Å². The summed E-state index contributed by atoms with van der Waals surface area (Å²) < 4.78 is 115. The molecule has 1 radical (unpaired) electrons. The fourth-order valence-corrected chi connectivity index (χ4v) is 2.35. The lowest BCUT2D eigenvalue weighted by atomic mass is 9.87. The van der Waals surface area contributed by atoms with Crippen molar-refractivity contribution in [3.8, 4) is 0 Å². The van der Waals surface area contributed by atoms with Gasteiger partial charge in [0, 0.05) is 9.13 Å². The molecule has 0 heterocycles. The number of rotatable bonds is 2. The second kappa shape index (κ2) is 5.20. The normalized spacial score (nSPS) is 16.7. The van der Waals surface area contributed by atoms with Gasteiger partial charge < -0.3 is 0 Å². The molecule has 1 aromatic rings. The number of hydrogen-bond acceptors (Lipinski definition) is 0. The van der Waals surface area contributed by atoms with Crippen molar-refractivity contribution in [3.63, 3.8) is 0 Å². The maximum Gasteiger partial charge on any atom is 0.457 e. The van der Waals surface area contributed by atoms with Crippen molar-refractivity contribution in [1.82, 2.24) is 0 Å². The van der Waals surface area contributed by atoms with E-state index in [0.29, 0.717) is 0 Å². The molecule has 0 nitrogen and oxygen atoms in total. The molecule has 10 heteroatoms. The van der Waals surface area contributed by atoms with Gasteiger partial charge in [0.15, 0.2) is 0 Å². The minimum atomic E-state index is -6.71. The van der Waals surface area contributed by atoms with Crippen LogP contribution in [0.5, 0.6) is 0 Å². The second-order valence-electron chi connectivity index (χ2n) is 4.13. The van der Waals surface area contributed by atoms with Crippen molar-refractivity contribution in [2.45, 2.75) is 30.9 Å². The molecule has 0 N–H and O–H groups in total. The molecule has 0 aliphatic carbocycles. The minimum absolute atomic E-state index is 0.207. The van der Waals surface area contributed by atoms with Crippen LogP contribution in [0.4, 0.5) is 39.5 Å². The van der Waals surface area contributed by atoms with E-state index >= 15 is 0 Å². The van der Waals surface area contributed by atoms with Gasteiger partial charge in [0.25, 0.3) is 0 Å². The Morgan fingerprint density at radius 2 is 1.33 bits per heavy atom. The van der Waals surface area contributed by atoms with E-state index in [-0.39, 0.29) is 21.3 Å². The third kappa shape index (κ3) is 2.95. The SMILES string of the molecule is Cc1[c]c(I)cc(C(F)(C(F)(F)F)C(F)(F)C(F)(F)F)c1. The van der Waals surface area contributed by atoms with Crippen LogP contribution in [0.25, 0.3) is 0 Å². The molecule has 0 amide bonds. The number of halogens is 10. The molecule has 21 heavy (non-hydrogen) atoms. The molecule has 0 aromatic heterocycles. The Morgan fingerprint density at radius 3 is 1.67 bits per heavy atom. The average molecular weight is 435 g/mol. The molecule has 1 rings (SSSR count).